The Bertz CT molecular complexity index is 630. The maximum atomic E-state index is 11.9. The Balaban J connectivity index is 1.88. The summed E-state index contributed by atoms with van der Waals surface area (Å²) >= 11 is 6.52. The summed E-state index contributed by atoms with van der Waals surface area (Å²) in [6, 6.07) is 2.13. The summed E-state index contributed by atoms with van der Waals surface area (Å²) in [5.74, 6) is 0.0103. The second kappa shape index (κ2) is 6.16. The highest BCUT2D eigenvalue weighted by atomic mass is 35.5. The molecule has 5 nitrogen and oxygen atoms in total. The molecular formula is C16H19ClN2O3. The Morgan fingerprint density at radius 2 is 2.05 bits per heavy atom. The Kier molecular flexibility index (Phi) is 4.25. The molecule has 0 aliphatic carbocycles. The van der Waals surface area contributed by atoms with Crippen molar-refractivity contribution in [3.8, 4) is 0 Å². The number of hydrogen-bond donors (Lipinski definition) is 1. The van der Waals surface area contributed by atoms with Crippen LogP contribution in [0.2, 0.25) is 5.02 Å². The lowest BCUT2D eigenvalue weighted by Gasteiger charge is -2.21. The van der Waals surface area contributed by atoms with E-state index in [1.165, 1.54) is 5.56 Å². The van der Waals surface area contributed by atoms with Crippen LogP contribution in [0.4, 0.5) is 10.5 Å². The molecule has 1 aromatic carbocycles. The Morgan fingerprint density at radius 3 is 2.82 bits per heavy atom. The van der Waals surface area contributed by atoms with Gasteiger partial charge in [0.1, 0.15) is 0 Å². The van der Waals surface area contributed by atoms with Gasteiger partial charge in [0.15, 0.2) is 0 Å². The normalized spacial score (nSPS) is 17.2. The van der Waals surface area contributed by atoms with Gasteiger partial charge < -0.3 is 15.0 Å². The summed E-state index contributed by atoms with van der Waals surface area (Å²) in [7, 11) is 0. The number of carbonyl (C=O) groups is 2. The number of anilines is 1. The molecule has 6 heteroatoms. The van der Waals surface area contributed by atoms with Crippen LogP contribution in [0.25, 0.3) is 0 Å². The van der Waals surface area contributed by atoms with Crippen LogP contribution in [0.1, 0.15) is 30.0 Å². The van der Waals surface area contributed by atoms with E-state index in [0.29, 0.717) is 37.6 Å². The second-order valence-corrected chi connectivity index (χ2v) is 5.97. The number of carbonyl (C=O) groups excluding carboxylic acids is 2. The van der Waals surface area contributed by atoms with E-state index in [1.54, 1.807) is 11.8 Å². The van der Waals surface area contributed by atoms with Crippen molar-refractivity contribution in [1.29, 1.82) is 0 Å². The lowest BCUT2D eigenvalue weighted by molar-refractivity contribution is -0.116. The van der Waals surface area contributed by atoms with Gasteiger partial charge in [0, 0.05) is 19.5 Å². The molecule has 22 heavy (non-hydrogen) atoms. The number of hydrogen-bond acceptors (Lipinski definition) is 3. The summed E-state index contributed by atoms with van der Waals surface area (Å²) in [6.07, 6.45) is 2.38. The van der Waals surface area contributed by atoms with Crippen LogP contribution in [0, 0.1) is 0 Å². The van der Waals surface area contributed by atoms with Crippen LogP contribution >= 0.6 is 11.6 Å². The van der Waals surface area contributed by atoms with Crippen LogP contribution in [0.3, 0.4) is 0 Å². The van der Waals surface area contributed by atoms with Gasteiger partial charge in [0.2, 0.25) is 5.91 Å². The molecule has 2 amide bonds. The van der Waals surface area contributed by atoms with E-state index < -0.39 is 0 Å². The maximum absolute atomic E-state index is 11.9. The van der Waals surface area contributed by atoms with Gasteiger partial charge in [-0.3, -0.25) is 4.79 Å². The maximum Gasteiger partial charge on any atom is 0.409 e. The lowest BCUT2D eigenvalue weighted by atomic mass is 9.94. The van der Waals surface area contributed by atoms with E-state index in [-0.39, 0.29) is 12.0 Å². The topological polar surface area (TPSA) is 58.6 Å². The van der Waals surface area contributed by atoms with Crippen LogP contribution in [0.5, 0.6) is 0 Å². The molecule has 2 aliphatic rings. The molecule has 1 aromatic rings. The minimum atomic E-state index is -0.274. The molecule has 0 bridgehead atoms. The van der Waals surface area contributed by atoms with Gasteiger partial charge in [-0.25, -0.2) is 4.79 Å². The molecule has 1 N–H and O–H groups in total. The zero-order chi connectivity index (χ0) is 15.7. The van der Waals surface area contributed by atoms with Gasteiger partial charge >= 0.3 is 6.09 Å². The van der Waals surface area contributed by atoms with Crippen molar-refractivity contribution in [3.05, 3.63) is 27.8 Å². The zero-order valence-electron chi connectivity index (χ0n) is 12.6. The summed E-state index contributed by atoms with van der Waals surface area (Å²) < 4.78 is 5.08. The predicted octanol–water partition coefficient (Wildman–Crippen LogP) is 2.78. The first kappa shape index (κ1) is 15.2. The number of benzene rings is 1. The van der Waals surface area contributed by atoms with Crippen molar-refractivity contribution in [3.63, 3.8) is 0 Å². The molecule has 0 saturated carbocycles. The molecule has 0 aromatic heterocycles. The summed E-state index contributed by atoms with van der Waals surface area (Å²) in [5.41, 5.74) is 4.05. The van der Waals surface area contributed by atoms with Crippen LogP contribution in [0.15, 0.2) is 6.07 Å². The van der Waals surface area contributed by atoms with Crippen molar-refractivity contribution < 1.29 is 14.3 Å². The Labute approximate surface area is 134 Å². The molecule has 118 valence electrons. The van der Waals surface area contributed by atoms with Crippen molar-refractivity contribution in [2.45, 2.75) is 32.6 Å². The minimum Gasteiger partial charge on any atom is -0.450 e. The van der Waals surface area contributed by atoms with E-state index in [4.69, 9.17) is 16.3 Å². The van der Waals surface area contributed by atoms with Crippen LogP contribution in [-0.4, -0.2) is 36.6 Å². The fraction of sp³-hybridized carbons (Fsp3) is 0.500. The SMILES string of the molecule is CCOC(=O)N1CCc2cc3c(c(Cl)c2CC1)NC(=O)CC3. The lowest BCUT2D eigenvalue weighted by Crippen LogP contribution is -2.33. The van der Waals surface area contributed by atoms with Crippen molar-refractivity contribution in [2.75, 3.05) is 25.0 Å². The quantitative estimate of drug-likeness (QED) is 0.865. The molecule has 0 spiro atoms. The third-order valence-electron chi connectivity index (χ3n) is 4.24. The Hall–Kier alpha value is -1.75. The molecule has 3 rings (SSSR count). The average molecular weight is 323 g/mol. The van der Waals surface area contributed by atoms with Gasteiger partial charge in [0.25, 0.3) is 0 Å². The number of aryl methyl sites for hydroxylation is 1. The third-order valence-corrected chi connectivity index (χ3v) is 4.65. The van der Waals surface area contributed by atoms with E-state index in [0.717, 1.165) is 29.7 Å². The van der Waals surface area contributed by atoms with E-state index >= 15 is 0 Å². The van der Waals surface area contributed by atoms with Gasteiger partial charge in [-0.1, -0.05) is 17.7 Å². The number of fused-ring (bicyclic) bond motifs is 2. The van der Waals surface area contributed by atoms with Gasteiger partial charge in [-0.2, -0.15) is 0 Å². The van der Waals surface area contributed by atoms with Crippen molar-refractivity contribution >= 4 is 29.3 Å². The molecule has 0 saturated heterocycles. The number of halogens is 1. The first-order valence-electron chi connectivity index (χ1n) is 7.64. The monoisotopic (exact) mass is 322 g/mol. The second-order valence-electron chi connectivity index (χ2n) is 5.60. The fourth-order valence-electron chi connectivity index (χ4n) is 3.09. The highest BCUT2D eigenvalue weighted by Crippen LogP contribution is 2.37. The largest absolute Gasteiger partial charge is 0.450 e. The van der Waals surface area contributed by atoms with E-state index in [2.05, 4.69) is 11.4 Å². The highest BCUT2D eigenvalue weighted by Gasteiger charge is 2.26. The summed E-state index contributed by atoms with van der Waals surface area (Å²) in [5, 5.41) is 3.51. The molecule has 0 unspecified atom stereocenters. The van der Waals surface area contributed by atoms with E-state index in [1.807, 2.05) is 0 Å². The molecule has 0 radical (unpaired) electrons. The standard InChI is InChI=1S/C16H19ClN2O3/c1-2-22-16(21)19-7-5-10-9-11-3-4-13(20)18-15(11)14(17)12(10)6-8-19/h9H,2-8H2,1H3,(H,18,20). The van der Waals surface area contributed by atoms with Crippen molar-refractivity contribution in [2.24, 2.45) is 0 Å². The van der Waals surface area contributed by atoms with Crippen LogP contribution < -0.4 is 5.32 Å². The molecule has 2 aliphatic heterocycles. The smallest absolute Gasteiger partial charge is 0.409 e. The van der Waals surface area contributed by atoms with Gasteiger partial charge in [-0.05, 0) is 42.9 Å². The highest BCUT2D eigenvalue weighted by molar-refractivity contribution is 6.35. The minimum absolute atomic E-state index is 0.0103. The summed E-state index contributed by atoms with van der Waals surface area (Å²) in [4.78, 5) is 25.2. The van der Waals surface area contributed by atoms with Gasteiger partial charge in [-0.15, -0.1) is 0 Å². The average Bonchev–Trinajstić information content (AvgIpc) is 2.71. The first-order valence-corrected chi connectivity index (χ1v) is 8.02. The Morgan fingerprint density at radius 1 is 1.27 bits per heavy atom. The first-order chi connectivity index (χ1) is 10.6. The fourth-order valence-corrected chi connectivity index (χ4v) is 3.47. The molecule has 0 fully saturated rings. The van der Waals surface area contributed by atoms with E-state index in [9.17, 15) is 9.59 Å². The van der Waals surface area contributed by atoms with Crippen molar-refractivity contribution in [1.82, 2.24) is 4.90 Å². The third kappa shape index (κ3) is 2.77. The zero-order valence-corrected chi connectivity index (χ0v) is 13.3. The number of ether oxygens (including phenoxy) is 1. The summed E-state index contributed by atoms with van der Waals surface area (Å²) in [6.45, 7) is 3.40. The van der Waals surface area contributed by atoms with Gasteiger partial charge in [0.05, 0.1) is 17.3 Å². The molecule has 0 atom stereocenters. The predicted molar refractivity (Wildman–Crippen MR) is 84.4 cm³/mol. The van der Waals surface area contributed by atoms with Crippen LogP contribution in [-0.2, 0) is 28.8 Å². The number of nitrogens with zero attached hydrogens (tertiary/aromatic N) is 1. The molecular weight excluding hydrogens is 304 g/mol. The molecule has 2 heterocycles. The number of rotatable bonds is 1. The number of amides is 2. The number of nitrogens with one attached hydrogen (secondary N) is 1.